The van der Waals surface area contributed by atoms with Gasteiger partial charge in [0.2, 0.25) is 10.0 Å². The molecule has 0 unspecified atom stereocenters. The second kappa shape index (κ2) is 9.19. The van der Waals surface area contributed by atoms with Crippen molar-refractivity contribution in [2.24, 2.45) is 0 Å². The van der Waals surface area contributed by atoms with Crippen molar-refractivity contribution < 1.29 is 18.0 Å². The van der Waals surface area contributed by atoms with Gasteiger partial charge in [-0.2, -0.15) is 4.31 Å². The van der Waals surface area contributed by atoms with E-state index in [0.29, 0.717) is 18.7 Å². The minimum absolute atomic E-state index is 0.167. The number of hydrogen-bond acceptors (Lipinski definition) is 4. The molecule has 1 fully saturated rings. The molecule has 1 aliphatic rings. The fraction of sp³-hybridized carbons (Fsp3) is 0.333. The first-order chi connectivity index (χ1) is 13.9. The van der Waals surface area contributed by atoms with Crippen LogP contribution in [-0.2, 0) is 10.0 Å². The first kappa shape index (κ1) is 21.0. The van der Waals surface area contributed by atoms with Crippen molar-refractivity contribution in [3.63, 3.8) is 0 Å². The zero-order valence-corrected chi connectivity index (χ0v) is 17.2. The van der Waals surface area contributed by atoms with E-state index in [2.05, 4.69) is 10.9 Å². The molecule has 29 heavy (non-hydrogen) atoms. The molecule has 154 valence electrons. The Morgan fingerprint density at radius 3 is 2.03 bits per heavy atom. The number of amides is 2. The third kappa shape index (κ3) is 5.02. The summed E-state index contributed by atoms with van der Waals surface area (Å²) >= 11 is 0. The molecule has 1 aliphatic heterocycles. The topological polar surface area (TPSA) is 95.6 Å². The molecule has 0 bridgehead atoms. The lowest BCUT2D eigenvalue weighted by atomic mass is 10.1. The maximum Gasteiger partial charge on any atom is 0.269 e. The number of sulfonamides is 1. The lowest BCUT2D eigenvalue weighted by Gasteiger charge is -2.20. The lowest BCUT2D eigenvalue weighted by molar-refractivity contribution is 0.0846. The SMILES string of the molecule is Cc1ccccc1C(=O)NNC(=O)c1ccc(S(=O)(=O)N2CCCCCC2)cc1. The van der Waals surface area contributed by atoms with Crippen LogP contribution in [0, 0.1) is 6.92 Å². The van der Waals surface area contributed by atoms with E-state index in [1.54, 1.807) is 25.1 Å². The summed E-state index contributed by atoms with van der Waals surface area (Å²) in [6, 6.07) is 12.8. The van der Waals surface area contributed by atoms with Gasteiger partial charge in [0.15, 0.2) is 0 Å². The van der Waals surface area contributed by atoms with Crippen LogP contribution in [0.1, 0.15) is 52.0 Å². The van der Waals surface area contributed by atoms with Crippen molar-refractivity contribution in [2.45, 2.75) is 37.5 Å². The molecule has 0 radical (unpaired) electrons. The summed E-state index contributed by atoms with van der Waals surface area (Å²) < 4.78 is 27.1. The molecule has 2 aromatic rings. The molecular weight excluding hydrogens is 390 g/mol. The van der Waals surface area contributed by atoms with E-state index in [4.69, 9.17) is 0 Å². The Kier molecular flexibility index (Phi) is 6.66. The first-order valence-corrected chi connectivity index (χ1v) is 11.1. The van der Waals surface area contributed by atoms with Crippen molar-refractivity contribution in [2.75, 3.05) is 13.1 Å². The quantitative estimate of drug-likeness (QED) is 0.751. The molecule has 2 amide bonds. The molecular formula is C21H25N3O4S. The van der Waals surface area contributed by atoms with Gasteiger partial charge in [-0.3, -0.25) is 20.4 Å². The van der Waals surface area contributed by atoms with Gasteiger partial charge in [0.25, 0.3) is 11.8 Å². The van der Waals surface area contributed by atoms with Crippen molar-refractivity contribution in [1.82, 2.24) is 15.2 Å². The Morgan fingerprint density at radius 2 is 1.41 bits per heavy atom. The second-order valence-electron chi connectivity index (χ2n) is 7.07. The van der Waals surface area contributed by atoms with Crippen LogP contribution in [0.15, 0.2) is 53.4 Å². The van der Waals surface area contributed by atoms with Gasteiger partial charge in [-0.05, 0) is 55.7 Å². The molecule has 1 saturated heterocycles. The van der Waals surface area contributed by atoms with Gasteiger partial charge in [-0.15, -0.1) is 0 Å². The zero-order valence-electron chi connectivity index (χ0n) is 16.3. The average molecular weight is 416 g/mol. The van der Waals surface area contributed by atoms with E-state index in [1.165, 1.54) is 28.6 Å². The summed E-state index contributed by atoms with van der Waals surface area (Å²) in [6.45, 7) is 2.85. The van der Waals surface area contributed by atoms with E-state index < -0.39 is 21.8 Å². The van der Waals surface area contributed by atoms with Crippen LogP contribution in [-0.4, -0.2) is 37.6 Å². The highest BCUT2D eigenvalue weighted by atomic mass is 32.2. The van der Waals surface area contributed by atoms with E-state index in [1.807, 2.05) is 6.07 Å². The summed E-state index contributed by atoms with van der Waals surface area (Å²) in [5.41, 5.74) is 6.25. The maximum atomic E-state index is 12.8. The molecule has 0 spiro atoms. The fourth-order valence-electron chi connectivity index (χ4n) is 3.29. The number of rotatable bonds is 4. The molecule has 0 saturated carbocycles. The monoisotopic (exact) mass is 415 g/mol. The predicted octanol–water partition coefficient (Wildman–Crippen LogP) is 2.63. The predicted molar refractivity (Wildman–Crippen MR) is 110 cm³/mol. The second-order valence-corrected chi connectivity index (χ2v) is 9.00. The third-order valence-electron chi connectivity index (χ3n) is 5.00. The first-order valence-electron chi connectivity index (χ1n) is 9.66. The van der Waals surface area contributed by atoms with Gasteiger partial charge in [0.05, 0.1) is 4.90 Å². The third-order valence-corrected chi connectivity index (χ3v) is 6.91. The molecule has 0 aromatic heterocycles. The molecule has 7 nitrogen and oxygen atoms in total. The normalized spacial score (nSPS) is 15.3. The molecule has 3 rings (SSSR count). The smallest absolute Gasteiger partial charge is 0.267 e. The standard InChI is InChI=1S/C21H25N3O4S/c1-16-8-4-5-9-19(16)21(26)23-22-20(25)17-10-12-18(13-11-17)29(27,28)24-14-6-2-3-7-15-24/h4-5,8-13H,2-3,6-7,14-15H2,1H3,(H,22,25)(H,23,26). The minimum Gasteiger partial charge on any atom is -0.267 e. The summed E-state index contributed by atoms with van der Waals surface area (Å²) in [7, 11) is -3.56. The van der Waals surface area contributed by atoms with Crippen LogP contribution in [0.4, 0.5) is 0 Å². The molecule has 2 N–H and O–H groups in total. The number of benzene rings is 2. The molecule has 0 atom stereocenters. The minimum atomic E-state index is -3.56. The van der Waals surface area contributed by atoms with Crippen molar-refractivity contribution in [3.8, 4) is 0 Å². The van der Waals surface area contributed by atoms with Crippen molar-refractivity contribution in [3.05, 3.63) is 65.2 Å². The number of nitrogens with zero attached hydrogens (tertiary/aromatic N) is 1. The van der Waals surface area contributed by atoms with Crippen LogP contribution in [0.25, 0.3) is 0 Å². The Bertz CT molecular complexity index is 979. The van der Waals surface area contributed by atoms with E-state index >= 15 is 0 Å². The van der Waals surface area contributed by atoms with Gasteiger partial charge in [0.1, 0.15) is 0 Å². The van der Waals surface area contributed by atoms with Gasteiger partial charge >= 0.3 is 0 Å². The van der Waals surface area contributed by atoms with Crippen molar-refractivity contribution >= 4 is 21.8 Å². The van der Waals surface area contributed by atoms with Crippen LogP contribution >= 0.6 is 0 Å². The van der Waals surface area contributed by atoms with Crippen LogP contribution in [0.5, 0.6) is 0 Å². The highest BCUT2D eigenvalue weighted by Gasteiger charge is 2.25. The van der Waals surface area contributed by atoms with E-state index in [-0.39, 0.29) is 10.5 Å². The Labute approximate surface area is 171 Å². The fourth-order valence-corrected chi connectivity index (χ4v) is 4.81. The number of carbonyl (C=O) groups is 2. The Balaban J connectivity index is 1.64. The summed E-state index contributed by atoms with van der Waals surface area (Å²) in [5, 5.41) is 0. The lowest BCUT2D eigenvalue weighted by Crippen LogP contribution is -2.41. The number of hydrazine groups is 1. The van der Waals surface area contributed by atoms with E-state index in [9.17, 15) is 18.0 Å². The average Bonchev–Trinajstić information content (AvgIpc) is 3.02. The highest BCUT2D eigenvalue weighted by Crippen LogP contribution is 2.20. The number of nitrogens with one attached hydrogen (secondary N) is 2. The number of aryl methyl sites for hydroxylation is 1. The maximum absolute atomic E-state index is 12.8. The van der Waals surface area contributed by atoms with E-state index in [0.717, 1.165) is 31.2 Å². The summed E-state index contributed by atoms with van der Waals surface area (Å²) in [4.78, 5) is 24.6. The molecule has 8 heteroatoms. The van der Waals surface area contributed by atoms with Crippen LogP contribution in [0.3, 0.4) is 0 Å². The van der Waals surface area contributed by atoms with Gasteiger partial charge < -0.3 is 0 Å². The van der Waals surface area contributed by atoms with Crippen molar-refractivity contribution in [1.29, 1.82) is 0 Å². The van der Waals surface area contributed by atoms with Gasteiger partial charge in [-0.25, -0.2) is 8.42 Å². The van der Waals surface area contributed by atoms with Crippen LogP contribution in [0.2, 0.25) is 0 Å². The number of hydrogen-bond donors (Lipinski definition) is 2. The molecule has 1 heterocycles. The largest absolute Gasteiger partial charge is 0.269 e. The number of carbonyl (C=O) groups excluding carboxylic acids is 2. The zero-order chi connectivity index (χ0) is 20.9. The highest BCUT2D eigenvalue weighted by molar-refractivity contribution is 7.89. The Hall–Kier alpha value is -2.71. The molecule has 0 aliphatic carbocycles. The Morgan fingerprint density at radius 1 is 0.828 bits per heavy atom. The summed E-state index contributed by atoms with van der Waals surface area (Å²) in [5.74, 6) is -0.942. The molecule has 2 aromatic carbocycles. The van der Waals surface area contributed by atoms with Crippen LogP contribution < -0.4 is 10.9 Å². The van der Waals surface area contributed by atoms with Gasteiger partial charge in [0, 0.05) is 24.2 Å². The summed E-state index contributed by atoms with van der Waals surface area (Å²) in [6.07, 6.45) is 3.80. The van der Waals surface area contributed by atoms with Gasteiger partial charge in [-0.1, -0.05) is 31.0 Å².